The highest BCUT2D eigenvalue weighted by molar-refractivity contribution is 6.07. The number of para-hydroxylation sites is 1. The fourth-order valence-corrected chi connectivity index (χ4v) is 2.29. The van der Waals surface area contributed by atoms with E-state index < -0.39 is 18.3 Å². The first kappa shape index (κ1) is 18.2. The molecule has 0 aromatic heterocycles. The second-order valence-corrected chi connectivity index (χ2v) is 5.45. The van der Waals surface area contributed by atoms with Crippen LogP contribution in [0.3, 0.4) is 0 Å². The monoisotopic (exact) mass is 340 g/mol. The van der Waals surface area contributed by atoms with Crippen molar-refractivity contribution in [2.75, 3.05) is 12.4 Å². The summed E-state index contributed by atoms with van der Waals surface area (Å²) in [6, 6.07) is 16.0. The molecule has 0 bridgehead atoms. The third kappa shape index (κ3) is 5.17. The van der Waals surface area contributed by atoms with Crippen molar-refractivity contribution in [2.24, 2.45) is 0 Å². The van der Waals surface area contributed by atoms with E-state index >= 15 is 0 Å². The quantitative estimate of drug-likeness (QED) is 0.625. The number of methoxy groups -OCH3 is 1. The maximum atomic E-state index is 12.6. The summed E-state index contributed by atoms with van der Waals surface area (Å²) in [5.41, 5.74) is 1.64. The Labute approximate surface area is 146 Å². The van der Waals surface area contributed by atoms with Crippen molar-refractivity contribution in [1.82, 2.24) is 5.32 Å². The Kier molecular flexibility index (Phi) is 6.28. The number of carbonyl (C=O) groups is 3. The summed E-state index contributed by atoms with van der Waals surface area (Å²) >= 11 is 0. The van der Waals surface area contributed by atoms with Crippen molar-refractivity contribution in [3.05, 3.63) is 65.7 Å². The molecule has 130 valence electrons. The van der Waals surface area contributed by atoms with E-state index in [1.807, 2.05) is 37.3 Å². The van der Waals surface area contributed by atoms with E-state index in [-0.39, 0.29) is 11.9 Å². The topological polar surface area (TPSA) is 84.5 Å². The summed E-state index contributed by atoms with van der Waals surface area (Å²) < 4.78 is 4.46. The molecule has 0 aliphatic rings. The van der Waals surface area contributed by atoms with Crippen molar-refractivity contribution >= 4 is 23.5 Å². The summed E-state index contributed by atoms with van der Waals surface area (Å²) in [5.74, 6) is -1.49. The van der Waals surface area contributed by atoms with Gasteiger partial charge in [-0.25, -0.2) is 0 Å². The van der Waals surface area contributed by atoms with Crippen LogP contribution in [0.2, 0.25) is 0 Å². The van der Waals surface area contributed by atoms with Crippen LogP contribution in [0.15, 0.2) is 54.6 Å². The Morgan fingerprint density at radius 3 is 2.32 bits per heavy atom. The number of nitrogens with one attached hydrogen (secondary N) is 2. The first-order valence-electron chi connectivity index (χ1n) is 7.82. The molecular weight excluding hydrogens is 320 g/mol. The zero-order valence-electron chi connectivity index (χ0n) is 14.1. The fourth-order valence-electron chi connectivity index (χ4n) is 2.29. The highest BCUT2D eigenvalue weighted by atomic mass is 16.5. The highest BCUT2D eigenvalue weighted by Gasteiger charge is 2.17. The van der Waals surface area contributed by atoms with Crippen molar-refractivity contribution in [3.63, 3.8) is 0 Å². The normalized spacial score (nSPS) is 11.3. The Balaban J connectivity index is 2.10. The van der Waals surface area contributed by atoms with E-state index in [1.165, 1.54) is 7.11 Å². The van der Waals surface area contributed by atoms with Crippen LogP contribution in [0.5, 0.6) is 0 Å². The molecule has 0 aliphatic carbocycles. The lowest BCUT2D eigenvalue weighted by atomic mass is 10.1. The first-order chi connectivity index (χ1) is 12.0. The van der Waals surface area contributed by atoms with Gasteiger partial charge in [0.2, 0.25) is 5.91 Å². The SMILES string of the molecule is COC(=O)CC(=O)Nc1ccccc1C(=O)NC(C)c1ccccc1. The average molecular weight is 340 g/mol. The van der Waals surface area contributed by atoms with Crippen molar-refractivity contribution in [1.29, 1.82) is 0 Å². The van der Waals surface area contributed by atoms with Crippen molar-refractivity contribution < 1.29 is 19.1 Å². The van der Waals surface area contributed by atoms with Crippen LogP contribution in [0.25, 0.3) is 0 Å². The lowest BCUT2D eigenvalue weighted by Gasteiger charge is -2.16. The maximum absolute atomic E-state index is 12.6. The van der Waals surface area contributed by atoms with Gasteiger partial charge in [0.15, 0.2) is 0 Å². The summed E-state index contributed by atoms with van der Waals surface area (Å²) in [4.78, 5) is 35.6. The smallest absolute Gasteiger partial charge is 0.315 e. The second-order valence-electron chi connectivity index (χ2n) is 5.45. The van der Waals surface area contributed by atoms with E-state index in [4.69, 9.17) is 0 Å². The first-order valence-corrected chi connectivity index (χ1v) is 7.82. The van der Waals surface area contributed by atoms with Gasteiger partial charge in [0.25, 0.3) is 5.91 Å². The Hall–Kier alpha value is -3.15. The summed E-state index contributed by atoms with van der Waals surface area (Å²) in [6.07, 6.45) is -0.410. The number of anilines is 1. The summed E-state index contributed by atoms with van der Waals surface area (Å²) in [5, 5.41) is 5.47. The Morgan fingerprint density at radius 2 is 1.64 bits per heavy atom. The minimum absolute atomic E-state index is 0.187. The molecule has 2 rings (SSSR count). The molecule has 0 spiro atoms. The Morgan fingerprint density at radius 1 is 1.00 bits per heavy atom. The number of rotatable bonds is 6. The van der Waals surface area contributed by atoms with Gasteiger partial charge in [0.1, 0.15) is 6.42 Å². The lowest BCUT2D eigenvalue weighted by Crippen LogP contribution is -2.28. The van der Waals surface area contributed by atoms with Gasteiger partial charge in [-0.15, -0.1) is 0 Å². The molecule has 2 N–H and O–H groups in total. The van der Waals surface area contributed by atoms with Crippen LogP contribution < -0.4 is 10.6 Å². The maximum Gasteiger partial charge on any atom is 0.315 e. The largest absolute Gasteiger partial charge is 0.469 e. The van der Waals surface area contributed by atoms with Gasteiger partial charge in [-0.2, -0.15) is 0 Å². The van der Waals surface area contributed by atoms with E-state index in [2.05, 4.69) is 15.4 Å². The third-order valence-corrected chi connectivity index (χ3v) is 3.63. The van der Waals surface area contributed by atoms with E-state index in [0.717, 1.165) is 5.56 Å². The zero-order valence-corrected chi connectivity index (χ0v) is 14.1. The van der Waals surface area contributed by atoms with Gasteiger partial charge >= 0.3 is 5.97 Å². The van der Waals surface area contributed by atoms with Crippen LogP contribution in [-0.2, 0) is 14.3 Å². The number of benzene rings is 2. The number of carbonyl (C=O) groups excluding carboxylic acids is 3. The minimum atomic E-state index is -0.642. The molecule has 1 atom stereocenters. The van der Waals surface area contributed by atoms with Gasteiger partial charge in [-0.3, -0.25) is 14.4 Å². The fraction of sp³-hybridized carbons (Fsp3) is 0.211. The molecule has 6 nitrogen and oxygen atoms in total. The van der Waals surface area contributed by atoms with Gasteiger partial charge in [0, 0.05) is 0 Å². The molecule has 0 saturated carbocycles. The number of amides is 2. The Bertz CT molecular complexity index is 759. The summed E-state index contributed by atoms with van der Waals surface area (Å²) in [6.45, 7) is 1.88. The van der Waals surface area contributed by atoms with Gasteiger partial charge in [-0.1, -0.05) is 42.5 Å². The number of hydrogen-bond acceptors (Lipinski definition) is 4. The van der Waals surface area contributed by atoms with Gasteiger partial charge < -0.3 is 15.4 Å². The number of hydrogen-bond donors (Lipinski definition) is 2. The van der Waals surface area contributed by atoms with Crippen LogP contribution >= 0.6 is 0 Å². The molecule has 0 fully saturated rings. The molecule has 1 unspecified atom stereocenters. The van der Waals surface area contributed by atoms with Crippen molar-refractivity contribution in [3.8, 4) is 0 Å². The molecule has 2 aromatic carbocycles. The molecule has 0 radical (unpaired) electrons. The van der Waals surface area contributed by atoms with Crippen LogP contribution in [0.1, 0.15) is 35.3 Å². The molecule has 0 aliphatic heterocycles. The molecule has 25 heavy (non-hydrogen) atoms. The average Bonchev–Trinajstić information content (AvgIpc) is 2.62. The number of ether oxygens (including phenoxy) is 1. The van der Waals surface area contributed by atoms with Crippen LogP contribution in [0, 0.1) is 0 Å². The van der Waals surface area contributed by atoms with Crippen LogP contribution in [0.4, 0.5) is 5.69 Å². The molecule has 0 saturated heterocycles. The third-order valence-electron chi connectivity index (χ3n) is 3.63. The standard InChI is InChI=1S/C19H20N2O4/c1-13(14-8-4-3-5-9-14)20-19(24)15-10-6-7-11-16(15)21-17(22)12-18(23)25-2/h3-11,13H,12H2,1-2H3,(H,20,24)(H,21,22). The van der Waals surface area contributed by atoms with E-state index in [0.29, 0.717) is 11.3 Å². The lowest BCUT2D eigenvalue weighted by molar-refractivity contribution is -0.142. The predicted octanol–water partition coefficient (Wildman–Crippen LogP) is 2.68. The predicted molar refractivity (Wildman–Crippen MR) is 94.0 cm³/mol. The number of esters is 1. The van der Waals surface area contributed by atoms with Crippen molar-refractivity contribution in [2.45, 2.75) is 19.4 Å². The minimum Gasteiger partial charge on any atom is -0.469 e. The molecule has 2 amide bonds. The van der Waals surface area contributed by atoms with Gasteiger partial charge in [-0.05, 0) is 24.6 Å². The molecule has 6 heteroatoms. The molecule has 2 aromatic rings. The van der Waals surface area contributed by atoms with E-state index in [1.54, 1.807) is 24.3 Å². The summed E-state index contributed by atoms with van der Waals surface area (Å²) in [7, 11) is 1.21. The molecular formula is C19H20N2O4. The molecule has 0 heterocycles. The van der Waals surface area contributed by atoms with Crippen LogP contribution in [-0.4, -0.2) is 24.9 Å². The highest BCUT2D eigenvalue weighted by Crippen LogP contribution is 2.18. The van der Waals surface area contributed by atoms with E-state index in [9.17, 15) is 14.4 Å². The zero-order chi connectivity index (χ0) is 18.2. The second kappa shape index (κ2) is 8.63. The van der Waals surface area contributed by atoms with Gasteiger partial charge in [0.05, 0.1) is 24.4 Å².